The highest BCUT2D eigenvalue weighted by atomic mass is 35.5. The van der Waals surface area contributed by atoms with Gasteiger partial charge in [0.05, 0.1) is 15.5 Å². The zero-order valence-corrected chi connectivity index (χ0v) is 12.5. The molecule has 0 radical (unpaired) electrons. The molecule has 0 amide bonds. The van der Waals surface area contributed by atoms with Crippen molar-refractivity contribution in [3.8, 4) is 0 Å². The highest BCUT2D eigenvalue weighted by Gasteiger charge is 2.23. The number of non-ortho nitro benzene ring substituents is 1. The summed E-state index contributed by atoms with van der Waals surface area (Å²) in [6.07, 6.45) is 0. The predicted octanol–water partition coefficient (Wildman–Crippen LogP) is 3.07. The molecule has 0 bridgehead atoms. The summed E-state index contributed by atoms with van der Waals surface area (Å²) in [5, 5.41) is 11.1. The summed E-state index contributed by atoms with van der Waals surface area (Å²) in [4.78, 5) is 9.95. The third-order valence-corrected chi connectivity index (χ3v) is 4.88. The monoisotopic (exact) mass is 326 g/mol. The van der Waals surface area contributed by atoms with Crippen LogP contribution in [0.4, 0.5) is 11.4 Å². The Bertz CT molecular complexity index is 792. The number of nitro benzene ring substituents is 1. The number of hydrogen-bond donors (Lipinski definition) is 0. The van der Waals surface area contributed by atoms with Crippen LogP contribution in [0.3, 0.4) is 0 Å². The number of hydrogen-bond acceptors (Lipinski definition) is 4. The third kappa shape index (κ3) is 3.14. The smallest absolute Gasteiger partial charge is 0.269 e. The standard InChI is InChI=1S/C13H11ClN2O4S/c1-15(11-5-2-4-10(14)8-11)21(19,20)13-7-3-6-12(9-13)16(17)18/h2-9H,1H3. The van der Waals surface area contributed by atoms with Crippen molar-refractivity contribution in [3.05, 3.63) is 63.7 Å². The van der Waals surface area contributed by atoms with Gasteiger partial charge in [0.2, 0.25) is 0 Å². The van der Waals surface area contributed by atoms with Crippen molar-refractivity contribution in [1.29, 1.82) is 0 Å². The fourth-order valence-electron chi connectivity index (χ4n) is 1.73. The van der Waals surface area contributed by atoms with E-state index in [0.717, 1.165) is 10.4 Å². The third-order valence-electron chi connectivity index (χ3n) is 2.86. The summed E-state index contributed by atoms with van der Waals surface area (Å²) in [5.74, 6) is 0. The number of nitrogens with zero attached hydrogens (tertiary/aromatic N) is 2. The highest BCUT2D eigenvalue weighted by molar-refractivity contribution is 7.92. The normalized spacial score (nSPS) is 11.1. The van der Waals surface area contributed by atoms with Crippen molar-refractivity contribution in [3.63, 3.8) is 0 Å². The van der Waals surface area contributed by atoms with Crippen molar-refractivity contribution in [1.82, 2.24) is 0 Å². The first kappa shape index (κ1) is 15.3. The van der Waals surface area contributed by atoms with Crippen LogP contribution in [-0.2, 0) is 10.0 Å². The van der Waals surface area contributed by atoms with Gasteiger partial charge >= 0.3 is 0 Å². The fraction of sp³-hybridized carbons (Fsp3) is 0.0769. The number of benzene rings is 2. The Morgan fingerprint density at radius 2 is 1.81 bits per heavy atom. The molecule has 0 unspecified atom stereocenters. The minimum Gasteiger partial charge on any atom is -0.269 e. The molecule has 2 rings (SSSR count). The Morgan fingerprint density at radius 3 is 2.43 bits per heavy atom. The zero-order chi connectivity index (χ0) is 15.6. The van der Waals surface area contributed by atoms with Crippen LogP contribution in [0.25, 0.3) is 0 Å². The summed E-state index contributed by atoms with van der Waals surface area (Å²) in [7, 11) is -2.53. The number of anilines is 1. The molecule has 0 atom stereocenters. The lowest BCUT2D eigenvalue weighted by molar-refractivity contribution is -0.385. The highest BCUT2D eigenvalue weighted by Crippen LogP contribution is 2.26. The van der Waals surface area contributed by atoms with E-state index in [9.17, 15) is 18.5 Å². The maximum Gasteiger partial charge on any atom is 0.270 e. The lowest BCUT2D eigenvalue weighted by atomic mass is 10.3. The number of rotatable bonds is 4. The quantitative estimate of drug-likeness (QED) is 0.638. The Morgan fingerprint density at radius 1 is 1.14 bits per heavy atom. The van der Waals surface area contributed by atoms with Crippen molar-refractivity contribution in [2.75, 3.05) is 11.4 Å². The van der Waals surface area contributed by atoms with Gasteiger partial charge in [-0.3, -0.25) is 14.4 Å². The lowest BCUT2D eigenvalue weighted by Gasteiger charge is -2.19. The molecule has 0 saturated carbocycles. The van der Waals surface area contributed by atoms with Crippen LogP contribution in [0.1, 0.15) is 0 Å². The first-order valence-electron chi connectivity index (χ1n) is 5.81. The number of nitro groups is 1. The molecule has 0 spiro atoms. The predicted molar refractivity (Wildman–Crippen MR) is 80.1 cm³/mol. The second-order valence-electron chi connectivity index (χ2n) is 4.21. The van der Waals surface area contributed by atoms with E-state index >= 15 is 0 Å². The van der Waals surface area contributed by atoms with Gasteiger partial charge in [-0.25, -0.2) is 8.42 Å². The Kier molecular flexibility index (Phi) is 4.15. The van der Waals surface area contributed by atoms with Gasteiger partial charge in [-0.1, -0.05) is 23.7 Å². The summed E-state index contributed by atoms with van der Waals surface area (Å²) >= 11 is 5.84. The molecule has 0 aliphatic heterocycles. The number of halogens is 1. The molecule has 0 aromatic heterocycles. The minimum absolute atomic E-state index is 0.154. The average Bonchev–Trinajstić information content (AvgIpc) is 2.46. The van der Waals surface area contributed by atoms with Gasteiger partial charge in [-0.2, -0.15) is 0 Å². The first-order valence-corrected chi connectivity index (χ1v) is 7.63. The molecule has 21 heavy (non-hydrogen) atoms. The van der Waals surface area contributed by atoms with E-state index in [4.69, 9.17) is 11.6 Å². The maximum atomic E-state index is 12.5. The van der Waals surface area contributed by atoms with Crippen LogP contribution in [0.15, 0.2) is 53.4 Å². The van der Waals surface area contributed by atoms with E-state index in [2.05, 4.69) is 0 Å². The summed E-state index contributed by atoms with van der Waals surface area (Å²) in [6.45, 7) is 0. The minimum atomic E-state index is -3.89. The summed E-state index contributed by atoms with van der Waals surface area (Å²) in [5.41, 5.74) is 0.0876. The van der Waals surface area contributed by atoms with E-state index < -0.39 is 14.9 Å². The molecule has 6 nitrogen and oxygen atoms in total. The van der Waals surface area contributed by atoms with Crippen LogP contribution in [0, 0.1) is 10.1 Å². The largest absolute Gasteiger partial charge is 0.270 e. The molecule has 0 aliphatic carbocycles. The SMILES string of the molecule is CN(c1cccc(Cl)c1)S(=O)(=O)c1cccc([N+](=O)[O-])c1. The molecule has 110 valence electrons. The van der Waals surface area contributed by atoms with Crippen molar-refractivity contribution in [2.45, 2.75) is 4.90 Å². The molecule has 2 aromatic rings. The van der Waals surface area contributed by atoms with E-state index in [1.54, 1.807) is 18.2 Å². The van der Waals surface area contributed by atoms with Crippen molar-refractivity contribution in [2.24, 2.45) is 0 Å². The van der Waals surface area contributed by atoms with E-state index in [1.807, 2.05) is 0 Å². The fourth-order valence-corrected chi connectivity index (χ4v) is 3.14. The summed E-state index contributed by atoms with van der Waals surface area (Å²) < 4.78 is 26.0. The van der Waals surface area contributed by atoms with Gasteiger partial charge in [-0.05, 0) is 24.3 Å². The van der Waals surface area contributed by atoms with Crippen molar-refractivity contribution >= 4 is 33.0 Å². The van der Waals surface area contributed by atoms with E-state index in [1.165, 1.54) is 31.3 Å². The van der Waals surface area contributed by atoms with E-state index in [0.29, 0.717) is 10.7 Å². The lowest BCUT2D eigenvalue weighted by Crippen LogP contribution is -2.26. The zero-order valence-electron chi connectivity index (χ0n) is 10.9. The van der Waals surface area contributed by atoms with Gasteiger partial charge in [0.25, 0.3) is 15.7 Å². The van der Waals surface area contributed by atoms with Crippen LogP contribution < -0.4 is 4.31 Å². The van der Waals surface area contributed by atoms with Crippen LogP contribution in [0.2, 0.25) is 5.02 Å². The van der Waals surface area contributed by atoms with Crippen molar-refractivity contribution < 1.29 is 13.3 Å². The van der Waals surface area contributed by atoms with Gasteiger partial charge in [0.1, 0.15) is 0 Å². The van der Waals surface area contributed by atoms with Gasteiger partial charge in [0.15, 0.2) is 0 Å². The van der Waals surface area contributed by atoms with Gasteiger partial charge < -0.3 is 0 Å². The molecule has 0 saturated heterocycles. The average molecular weight is 327 g/mol. The van der Waals surface area contributed by atoms with Crippen LogP contribution in [0.5, 0.6) is 0 Å². The maximum absolute atomic E-state index is 12.5. The molecule has 0 fully saturated rings. The molecule has 0 N–H and O–H groups in total. The first-order chi connectivity index (χ1) is 9.82. The molecule has 0 aliphatic rings. The summed E-state index contributed by atoms with van der Waals surface area (Å²) in [6, 6.07) is 11.2. The second kappa shape index (κ2) is 5.71. The van der Waals surface area contributed by atoms with Gasteiger partial charge in [-0.15, -0.1) is 0 Å². The second-order valence-corrected chi connectivity index (χ2v) is 6.61. The van der Waals surface area contributed by atoms with Gasteiger partial charge in [0, 0.05) is 24.2 Å². The van der Waals surface area contributed by atoms with Crippen LogP contribution >= 0.6 is 11.6 Å². The molecule has 2 aromatic carbocycles. The van der Waals surface area contributed by atoms with E-state index in [-0.39, 0.29) is 10.6 Å². The molecule has 8 heteroatoms. The molecule has 0 heterocycles. The Labute approximate surface area is 126 Å². The molecular formula is C13H11ClN2O4S. The number of sulfonamides is 1. The van der Waals surface area contributed by atoms with Crippen LogP contribution in [-0.4, -0.2) is 20.4 Å². The topological polar surface area (TPSA) is 80.5 Å². The molecular weight excluding hydrogens is 316 g/mol. The Balaban J connectivity index is 2.46. The Hall–Kier alpha value is -2.12.